The zero-order valence-electron chi connectivity index (χ0n) is 9.50. The number of halogens is 1. The molecule has 3 nitrogen and oxygen atoms in total. The first-order chi connectivity index (χ1) is 8.20. The summed E-state index contributed by atoms with van der Waals surface area (Å²) in [6, 6.07) is 3.86. The van der Waals surface area contributed by atoms with Crippen molar-refractivity contribution < 1.29 is 9.21 Å². The average molecular weight is 250 g/mol. The largest absolute Gasteiger partial charge is 0.451 e. The number of furan rings is 1. The molecular formula is C13H12ClNO2. The third kappa shape index (κ3) is 1.58. The second-order valence-corrected chi connectivity index (χ2v) is 4.87. The predicted molar refractivity (Wildman–Crippen MR) is 66.6 cm³/mol. The van der Waals surface area contributed by atoms with Crippen LogP contribution in [0.2, 0.25) is 5.02 Å². The molecule has 0 unspecified atom stereocenters. The summed E-state index contributed by atoms with van der Waals surface area (Å²) in [4.78, 5) is 13.3. The molecule has 1 aliphatic heterocycles. The molecule has 3 rings (SSSR count). The molecule has 0 N–H and O–H groups in total. The maximum absolute atomic E-state index is 11.1. The van der Waals surface area contributed by atoms with Crippen molar-refractivity contribution in [2.75, 3.05) is 13.6 Å². The number of hydrogen-bond donors (Lipinski definition) is 0. The molecule has 1 aromatic carbocycles. The van der Waals surface area contributed by atoms with E-state index in [1.54, 1.807) is 0 Å². The summed E-state index contributed by atoms with van der Waals surface area (Å²) in [5.74, 6) is 0.406. The van der Waals surface area contributed by atoms with Crippen LogP contribution in [0.5, 0.6) is 0 Å². The summed E-state index contributed by atoms with van der Waals surface area (Å²) < 4.78 is 5.57. The van der Waals surface area contributed by atoms with Crippen LogP contribution in [0.1, 0.15) is 21.7 Å². The van der Waals surface area contributed by atoms with E-state index < -0.39 is 0 Å². The summed E-state index contributed by atoms with van der Waals surface area (Å²) in [6.45, 7) is 1.71. The Morgan fingerprint density at radius 2 is 2.29 bits per heavy atom. The van der Waals surface area contributed by atoms with Gasteiger partial charge in [-0.15, -0.1) is 0 Å². The molecule has 2 heterocycles. The molecule has 0 saturated carbocycles. The first-order valence-corrected chi connectivity index (χ1v) is 5.95. The number of likely N-dealkylation sites (N-methyl/N-ethyl adjacent to an activating group) is 1. The van der Waals surface area contributed by atoms with Crippen molar-refractivity contribution in [1.29, 1.82) is 0 Å². The minimum atomic E-state index is 0.406. The molecule has 17 heavy (non-hydrogen) atoms. The lowest BCUT2D eigenvalue weighted by atomic mass is 10.0. The molecule has 2 aromatic rings. The summed E-state index contributed by atoms with van der Waals surface area (Å²) in [5, 5.41) is 1.60. The lowest BCUT2D eigenvalue weighted by molar-refractivity contribution is 0.110. The average Bonchev–Trinajstić information content (AvgIpc) is 2.59. The van der Waals surface area contributed by atoms with Crippen LogP contribution >= 0.6 is 11.6 Å². The first kappa shape index (κ1) is 10.8. The van der Waals surface area contributed by atoms with Gasteiger partial charge >= 0.3 is 0 Å². The fourth-order valence-corrected chi connectivity index (χ4v) is 2.64. The second kappa shape index (κ2) is 3.86. The lowest BCUT2D eigenvalue weighted by Gasteiger charge is -2.12. The van der Waals surface area contributed by atoms with Gasteiger partial charge in [0.05, 0.1) is 5.02 Å². The standard InChI is InChI=1S/C13H12ClNO2/c1-15-5-4-8-2-3-10(14)13-12(8)9(6-15)11(7-16)17-13/h2-3,7H,4-6H2,1H3. The highest BCUT2D eigenvalue weighted by molar-refractivity contribution is 6.35. The number of hydrogen-bond acceptors (Lipinski definition) is 3. The van der Waals surface area contributed by atoms with Crippen LogP contribution in [0.4, 0.5) is 0 Å². The van der Waals surface area contributed by atoms with Crippen molar-refractivity contribution in [3.8, 4) is 0 Å². The minimum Gasteiger partial charge on any atom is -0.451 e. The van der Waals surface area contributed by atoms with E-state index in [1.807, 2.05) is 19.2 Å². The summed E-state index contributed by atoms with van der Waals surface area (Å²) in [5.41, 5.74) is 2.82. The fraction of sp³-hybridized carbons (Fsp3) is 0.308. The Bertz CT molecular complexity index is 603. The number of carbonyl (C=O) groups excluding carboxylic acids is 1. The Balaban J connectivity index is 2.39. The minimum absolute atomic E-state index is 0.406. The maximum Gasteiger partial charge on any atom is 0.185 e. The number of aldehydes is 1. The number of nitrogens with zero attached hydrogens (tertiary/aromatic N) is 1. The van der Waals surface area contributed by atoms with E-state index in [1.165, 1.54) is 5.56 Å². The van der Waals surface area contributed by atoms with E-state index in [0.29, 0.717) is 16.4 Å². The molecule has 0 radical (unpaired) electrons. The number of benzene rings is 1. The fourth-order valence-electron chi connectivity index (χ4n) is 2.44. The van der Waals surface area contributed by atoms with Crippen LogP contribution in [0, 0.1) is 0 Å². The van der Waals surface area contributed by atoms with E-state index in [4.69, 9.17) is 16.0 Å². The molecule has 0 saturated heterocycles. The lowest BCUT2D eigenvalue weighted by Crippen LogP contribution is -2.18. The Morgan fingerprint density at radius 3 is 3.06 bits per heavy atom. The van der Waals surface area contributed by atoms with E-state index in [-0.39, 0.29) is 0 Å². The van der Waals surface area contributed by atoms with Gasteiger partial charge in [0.1, 0.15) is 0 Å². The number of carbonyl (C=O) groups is 1. The molecule has 0 bridgehead atoms. The summed E-state index contributed by atoms with van der Waals surface area (Å²) in [7, 11) is 2.04. The van der Waals surface area contributed by atoms with Gasteiger partial charge in [-0.3, -0.25) is 4.79 Å². The Kier molecular flexibility index (Phi) is 2.45. The van der Waals surface area contributed by atoms with Crippen molar-refractivity contribution in [1.82, 2.24) is 4.90 Å². The number of rotatable bonds is 1. The maximum atomic E-state index is 11.1. The van der Waals surface area contributed by atoms with Crippen LogP contribution in [0.3, 0.4) is 0 Å². The molecule has 0 atom stereocenters. The van der Waals surface area contributed by atoms with Gasteiger partial charge in [0.2, 0.25) is 0 Å². The smallest absolute Gasteiger partial charge is 0.185 e. The molecule has 1 aromatic heterocycles. The van der Waals surface area contributed by atoms with Crippen molar-refractivity contribution in [3.63, 3.8) is 0 Å². The highest BCUT2D eigenvalue weighted by Gasteiger charge is 2.22. The van der Waals surface area contributed by atoms with Gasteiger partial charge in [-0.05, 0) is 25.1 Å². The summed E-state index contributed by atoms with van der Waals surface area (Å²) in [6.07, 6.45) is 1.73. The Labute approximate surface area is 104 Å². The molecule has 1 aliphatic rings. The molecule has 0 spiro atoms. The molecule has 0 aliphatic carbocycles. The first-order valence-electron chi connectivity index (χ1n) is 5.57. The van der Waals surface area contributed by atoms with Gasteiger partial charge < -0.3 is 9.32 Å². The van der Waals surface area contributed by atoms with Crippen molar-refractivity contribution in [2.45, 2.75) is 13.0 Å². The SMILES string of the molecule is CN1CCc2ccc(Cl)c3oc(C=O)c(c23)C1. The van der Waals surface area contributed by atoms with Gasteiger partial charge in [-0.2, -0.15) is 0 Å². The van der Waals surface area contributed by atoms with Crippen molar-refractivity contribution in [3.05, 3.63) is 34.0 Å². The Morgan fingerprint density at radius 1 is 1.47 bits per heavy atom. The van der Waals surface area contributed by atoms with E-state index >= 15 is 0 Å². The molecular weight excluding hydrogens is 238 g/mol. The molecule has 0 amide bonds. The Hall–Kier alpha value is -1.32. The van der Waals surface area contributed by atoms with Gasteiger partial charge in [0.15, 0.2) is 17.6 Å². The summed E-state index contributed by atoms with van der Waals surface area (Å²) >= 11 is 6.12. The third-order valence-corrected chi connectivity index (χ3v) is 3.60. The molecule has 0 fully saturated rings. The monoisotopic (exact) mass is 249 g/mol. The van der Waals surface area contributed by atoms with Crippen molar-refractivity contribution in [2.24, 2.45) is 0 Å². The second-order valence-electron chi connectivity index (χ2n) is 4.46. The predicted octanol–water partition coefficient (Wildman–Crippen LogP) is 2.89. The molecule has 4 heteroatoms. The van der Waals surface area contributed by atoms with Crippen molar-refractivity contribution >= 4 is 28.9 Å². The highest BCUT2D eigenvalue weighted by Crippen LogP contribution is 2.35. The molecule has 88 valence electrons. The van der Waals surface area contributed by atoms with E-state index in [9.17, 15) is 4.79 Å². The van der Waals surface area contributed by atoms with Gasteiger partial charge in [0, 0.05) is 24.0 Å². The van der Waals surface area contributed by atoms with Crippen LogP contribution in [-0.4, -0.2) is 24.8 Å². The van der Waals surface area contributed by atoms with Crippen LogP contribution in [0.15, 0.2) is 16.5 Å². The van der Waals surface area contributed by atoms with Gasteiger partial charge in [-0.25, -0.2) is 0 Å². The zero-order chi connectivity index (χ0) is 12.0. The van der Waals surface area contributed by atoms with E-state index in [2.05, 4.69) is 4.90 Å². The highest BCUT2D eigenvalue weighted by atomic mass is 35.5. The van der Waals surface area contributed by atoms with E-state index in [0.717, 1.165) is 36.7 Å². The van der Waals surface area contributed by atoms with Crippen LogP contribution in [-0.2, 0) is 13.0 Å². The van der Waals surface area contributed by atoms with Crippen LogP contribution in [0.25, 0.3) is 11.0 Å². The third-order valence-electron chi connectivity index (χ3n) is 3.31. The van der Waals surface area contributed by atoms with Crippen LogP contribution < -0.4 is 0 Å². The normalized spacial score (nSPS) is 16.1. The van der Waals surface area contributed by atoms with Gasteiger partial charge in [-0.1, -0.05) is 17.7 Å². The van der Waals surface area contributed by atoms with Gasteiger partial charge in [0.25, 0.3) is 0 Å². The zero-order valence-corrected chi connectivity index (χ0v) is 10.3. The topological polar surface area (TPSA) is 33.5 Å². The quantitative estimate of drug-likeness (QED) is 0.729.